The van der Waals surface area contributed by atoms with E-state index in [4.69, 9.17) is 0 Å². The molecule has 1 amide bonds. The summed E-state index contributed by atoms with van der Waals surface area (Å²) in [5.41, 5.74) is 1.61. The molecule has 3 aromatic rings. The highest BCUT2D eigenvalue weighted by atomic mass is 32.2. The van der Waals surface area contributed by atoms with Gasteiger partial charge in [-0.05, 0) is 37.1 Å². The number of thioether (sulfide) groups is 1. The number of nitrogens with zero attached hydrogens (tertiary/aromatic N) is 2. The number of ketones is 1. The second-order valence-electron chi connectivity index (χ2n) is 6.27. The number of aromatic nitrogens is 2. The lowest BCUT2D eigenvalue weighted by Crippen LogP contribution is -2.42. The number of rotatable bonds is 8. The van der Waals surface area contributed by atoms with E-state index in [1.165, 1.54) is 30.8 Å². The van der Waals surface area contributed by atoms with Crippen molar-refractivity contribution >= 4 is 23.5 Å². The minimum absolute atomic E-state index is 0.0940. The summed E-state index contributed by atoms with van der Waals surface area (Å²) >= 11 is 1.23. The van der Waals surface area contributed by atoms with E-state index in [9.17, 15) is 14.0 Å². The van der Waals surface area contributed by atoms with Crippen LogP contribution in [0.3, 0.4) is 0 Å². The van der Waals surface area contributed by atoms with Crippen molar-refractivity contribution in [2.45, 2.75) is 24.5 Å². The first-order valence-corrected chi connectivity index (χ1v) is 9.77. The van der Waals surface area contributed by atoms with Crippen molar-refractivity contribution in [3.8, 4) is 5.69 Å². The van der Waals surface area contributed by atoms with Crippen molar-refractivity contribution in [1.29, 1.82) is 0 Å². The number of imidazole rings is 1. The third-order valence-corrected chi connectivity index (χ3v) is 5.10. The predicted octanol–water partition coefficient (Wildman–Crippen LogP) is 3.42. The molecule has 0 fully saturated rings. The van der Waals surface area contributed by atoms with Crippen molar-refractivity contribution in [3.05, 3.63) is 78.4 Å². The van der Waals surface area contributed by atoms with Crippen molar-refractivity contribution in [2.24, 2.45) is 0 Å². The Morgan fingerprint density at radius 2 is 1.96 bits per heavy atom. The summed E-state index contributed by atoms with van der Waals surface area (Å²) in [5.74, 6) is -0.589. The van der Waals surface area contributed by atoms with Crippen LogP contribution in [-0.2, 0) is 16.0 Å². The molecule has 1 unspecified atom stereocenters. The molecule has 0 aliphatic rings. The number of nitrogens with one attached hydrogen (secondary N) is 1. The number of carbonyl (C=O) groups is 2. The van der Waals surface area contributed by atoms with Gasteiger partial charge in [0, 0.05) is 12.4 Å². The summed E-state index contributed by atoms with van der Waals surface area (Å²) in [6.45, 7) is 1.47. The average molecular weight is 397 g/mol. The fourth-order valence-electron chi connectivity index (χ4n) is 2.73. The van der Waals surface area contributed by atoms with Crippen LogP contribution in [0.15, 0.2) is 72.1 Å². The highest BCUT2D eigenvalue weighted by Crippen LogP contribution is 2.20. The van der Waals surface area contributed by atoms with Gasteiger partial charge in [-0.1, -0.05) is 48.2 Å². The molecule has 3 rings (SSSR count). The highest BCUT2D eigenvalue weighted by Gasteiger charge is 2.18. The number of hydrogen-bond donors (Lipinski definition) is 1. The summed E-state index contributed by atoms with van der Waals surface area (Å²) in [6, 6.07) is 15.1. The van der Waals surface area contributed by atoms with Crippen molar-refractivity contribution in [1.82, 2.24) is 14.9 Å². The van der Waals surface area contributed by atoms with Crippen LogP contribution >= 0.6 is 11.8 Å². The van der Waals surface area contributed by atoms with Crippen LogP contribution in [0.1, 0.15) is 12.5 Å². The van der Waals surface area contributed by atoms with E-state index in [1.54, 1.807) is 29.1 Å². The summed E-state index contributed by atoms with van der Waals surface area (Å²) in [4.78, 5) is 28.5. The third-order valence-electron chi connectivity index (χ3n) is 4.13. The predicted molar refractivity (Wildman–Crippen MR) is 107 cm³/mol. The Bertz CT molecular complexity index is 959. The molecule has 2 aromatic carbocycles. The third kappa shape index (κ3) is 5.29. The van der Waals surface area contributed by atoms with Crippen molar-refractivity contribution in [3.63, 3.8) is 0 Å². The molecule has 0 saturated heterocycles. The molecule has 0 aliphatic heterocycles. The molecule has 144 valence electrons. The van der Waals surface area contributed by atoms with E-state index in [1.807, 2.05) is 30.3 Å². The first-order valence-electron chi connectivity index (χ1n) is 8.79. The fourth-order valence-corrected chi connectivity index (χ4v) is 3.52. The minimum Gasteiger partial charge on any atom is -0.345 e. The molecule has 1 heterocycles. The summed E-state index contributed by atoms with van der Waals surface area (Å²) in [5, 5.41) is 3.36. The zero-order valence-corrected chi connectivity index (χ0v) is 16.2. The number of carbonyl (C=O) groups excluding carboxylic acids is 2. The van der Waals surface area contributed by atoms with E-state index in [0.717, 1.165) is 5.56 Å². The number of hydrogen-bond acceptors (Lipinski definition) is 4. The van der Waals surface area contributed by atoms with Crippen molar-refractivity contribution in [2.75, 3.05) is 5.75 Å². The van der Waals surface area contributed by atoms with Gasteiger partial charge in [0.15, 0.2) is 10.9 Å². The number of amides is 1. The molecule has 28 heavy (non-hydrogen) atoms. The summed E-state index contributed by atoms with van der Waals surface area (Å²) in [6.07, 6.45) is 3.76. The van der Waals surface area contributed by atoms with E-state index in [2.05, 4.69) is 10.3 Å². The first-order chi connectivity index (χ1) is 13.5. The van der Waals surface area contributed by atoms with Gasteiger partial charge in [-0.2, -0.15) is 0 Å². The molecule has 0 saturated carbocycles. The van der Waals surface area contributed by atoms with Gasteiger partial charge < -0.3 is 5.32 Å². The Kier molecular flexibility index (Phi) is 6.60. The highest BCUT2D eigenvalue weighted by molar-refractivity contribution is 7.99. The minimum atomic E-state index is -0.571. The van der Waals surface area contributed by atoms with E-state index < -0.39 is 6.04 Å². The van der Waals surface area contributed by atoms with Gasteiger partial charge >= 0.3 is 0 Å². The van der Waals surface area contributed by atoms with Gasteiger partial charge in [-0.15, -0.1) is 0 Å². The summed E-state index contributed by atoms with van der Waals surface area (Å²) in [7, 11) is 0. The van der Waals surface area contributed by atoms with Gasteiger partial charge in [-0.25, -0.2) is 9.37 Å². The molecular weight excluding hydrogens is 377 g/mol. The molecule has 1 aromatic heterocycles. The lowest BCUT2D eigenvalue weighted by molar-refractivity contribution is -0.125. The smallest absolute Gasteiger partial charge is 0.231 e. The Morgan fingerprint density at radius 1 is 1.18 bits per heavy atom. The van der Waals surface area contributed by atoms with Crippen LogP contribution in [0.25, 0.3) is 5.69 Å². The number of halogens is 1. The maximum Gasteiger partial charge on any atom is 0.231 e. The first kappa shape index (κ1) is 19.8. The standard InChI is InChI=1S/C21H20FN3O2S/c1-15(26)19(12-16-6-3-2-4-7-16)24-20(27)14-28-21-23-10-11-25(21)18-9-5-8-17(22)13-18/h2-11,13,19H,12,14H2,1H3,(H,24,27). The van der Waals surface area contributed by atoms with Gasteiger partial charge in [0.2, 0.25) is 5.91 Å². The van der Waals surface area contributed by atoms with Gasteiger partial charge in [0.25, 0.3) is 0 Å². The lowest BCUT2D eigenvalue weighted by Gasteiger charge is -2.16. The Labute approximate surface area is 167 Å². The van der Waals surface area contributed by atoms with Crippen LogP contribution in [-0.4, -0.2) is 33.0 Å². The van der Waals surface area contributed by atoms with Crippen LogP contribution in [0, 0.1) is 5.82 Å². The fraction of sp³-hybridized carbons (Fsp3) is 0.190. The molecule has 5 nitrogen and oxygen atoms in total. The zero-order chi connectivity index (χ0) is 19.9. The van der Waals surface area contributed by atoms with Gasteiger partial charge in [0.05, 0.1) is 17.5 Å². The second-order valence-corrected chi connectivity index (χ2v) is 7.21. The Hall–Kier alpha value is -2.93. The Morgan fingerprint density at radius 3 is 2.68 bits per heavy atom. The monoisotopic (exact) mass is 397 g/mol. The second kappa shape index (κ2) is 9.32. The molecule has 0 bridgehead atoms. The van der Waals surface area contributed by atoms with Crippen LogP contribution in [0.4, 0.5) is 4.39 Å². The molecular formula is C21H20FN3O2S. The van der Waals surface area contributed by atoms with E-state index in [-0.39, 0.29) is 23.3 Å². The molecule has 0 spiro atoms. The number of Topliss-reactive ketones (excluding diaryl/α,β-unsaturated/α-hetero) is 1. The molecule has 1 atom stereocenters. The topological polar surface area (TPSA) is 64.0 Å². The van der Waals surface area contributed by atoms with Crippen molar-refractivity contribution < 1.29 is 14.0 Å². The lowest BCUT2D eigenvalue weighted by atomic mass is 10.0. The van der Waals surface area contributed by atoms with E-state index >= 15 is 0 Å². The van der Waals surface area contributed by atoms with Crippen LogP contribution in [0.2, 0.25) is 0 Å². The number of benzene rings is 2. The zero-order valence-electron chi connectivity index (χ0n) is 15.3. The maximum atomic E-state index is 13.5. The maximum absolute atomic E-state index is 13.5. The molecule has 1 N–H and O–H groups in total. The molecule has 7 heteroatoms. The van der Waals surface area contributed by atoms with Gasteiger partial charge in [0.1, 0.15) is 5.82 Å². The molecule has 0 aliphatic carbocycles. The SMILES string of the molecule is CC(=O)C(Cc1ccccc1)NC(=O)CSc1nccn1-c1cccc(F)c1. The van der Waals surface area contributed by atoms with Crippen LogP contribution < -0.4 is 5.32 Å². The summed E-state index contributed by atoms with van der Waals surface area (Å²) < 4.78 is 15.2. The molecule has 0 radical (unpaired) electrons. The largest absolute Gasteiger partial charge is 0.345 e. The normalized spacial score (nSPS) is 11.8. The quantitative estimate of drug-likeness (QED) is 0.592. The van der Waals surface area contributed by atoms with Crippen LogP contribution in [0.5, 0.6) is 0 Å². The average Bonchev–Trinajstić information content (AvgIpc) is 3.15. The van der Waals surface area contributed by atoms with Gasteiger partial charge in [-0.3, -0.25) is 14.2 Å². The Balaban J connectivity index is 1.61. The van der Waals surface area contributed by atoms with E-state index in [0.29, 0.717) is 17.3 Å².